The normalized spacial score (nSPS) is 19.6. The van der Waals surface area contributed by atoms with E-state index in [2.05, 4.69) is 28.1 Å². The van der Waals surface area contributed by atoms with Crippen molar-refractivity contribution in [1.29, 1.82) is 0 Å². The number of alkyl halides is 1. The van der Waals surface area contributed by atoms with Crippen LogP contribution in [0.1, 0.15) is 19.8 Å². The van der Waals surface area contributed by atoms with E-state index in [-0.39, 0.29) is 12.0 Å². The highest BCUT2D eigenvalue weighted by Crippen LogP contribution is 2.32. The van der Waals surface area contributed by atoms with Crippen molar-refractivity contribution in [2.24, 2.45) is 5.41 Å². The second-order valence-electron chi connectivity index (χ2n) is 4.54. The van der Waals surface area contributed by atoms with Gasteiger partial charge in [-0.3, -0.25) is 4.18 Å². The summed E-state index contributed by atoms with van der Waals surface area (Å²) in [5.74, 6) is 0. The minimum atomic E-state index is -3.36. The molecule has 0 heterocycles. The van der Waals surface area contributed by atoms with Gasteiger partial charge in [0, 0.05) is 10.7 Å². The highest BCUT2D eigenvalue weighted by atomic mass is 79.9. The first-order valence-corrected chi connectivity index (χ1v) is 8.03. The molecule has 0 aromatic carbocycles. The molecule has 1 aliphatic carbocycles. The Morgan fingerprint density at radius 2 is 2.25 bits per heavy atom. The molecule has 0 bridgehead atoms. The highest BCUT2D eigenvalue weighted by molar-refractivity contribution is 9.09. The molecule has 0 saturated carbocycles. The average Bonchev–Trinajstić information content (AvgIpc) is 2.66. The second kappa shape index (κ2) is 5.47. The Morgan fingerprint density at radius 1 is 1.56 bits per heavy atom. The van der Waals surface area contributed by atoms with Crippen LogP contribution in [0.2, 0.25) is 0 Å². The predicted octanol–water partition coefficient (Wildman–Crippen LogP) is 2.64. The Labute approximate surface area is 106 Å². The van der Waals surface area contributed by atoms with Crippen molar-refractivity contribution in [3.05, 3.63) is 23.8 Å². The van der Waals surface area contributed by atoms with E-state index in [1.807, 2.05) is 13.0 Å². The molecule has 3 nitrogen and oxygen atoms in total. The van der Waals surface area contributed by atoms with E-state index < -0.39 is 10.1 Å². The molecule has 0 aromatic rings. The third-order valence-electron chi connectivity index (χ3n) is 2.45. The quantitative estimate of drug-likeness (QED) is 0.559. The molecule has 0 saturated heterocycles. The topological polar surface area (TPSA) is 43.4 Å². The molecule has 0 spiro atoms. The summed E-state index contributed by atoms with van der Waals surface area (Å²) in [4.78, 5) is 0. The third-order valence-corrected chi connectivity index (χ3v) is 4.35. The van der Waals surface area contributed by atoms with E-state index >= 15 is 0 Å². The van der Waals surface area contributed by atoms with E-state index in [1.54, 1.807) is 0 Å². The van der Waals surface area contributed by atoms with Crippen LogP contribution in [0.15, 0.2) is 23.8 Å². The van der Waals surface area contributed by atoms with Gasteiger partial charge in [0.1, 0.15) is 0 Å². The van der Waals surface area contributed by atoms with Gasteiger partial charge in [0.05, 0.1) is 12.9 Å². The molecule has 0 aliphatic heterocycles. The van der Waals surface area contributed by atoms with Crippen molar-refractivity contribution in [2.75, 3.05) is 18.2 Å². The Bertz CT molecular complexity index is 397. The molecule has 1 unspecified atom stereocenters. The van der Waals surface area contributed by atoms with Crippen LogP contribution in [0.25, 0.3) is 0 Å². The highest BCUT2D eigenvalue weighted by Gasteiger charge is 2.26. The Balaban J connectivity index is 2.56. The standard InChI is InChI=1S/C11H17BrO3S/c1-11(8-12,9-15-16(2,13)14)7-10-5-3-4-6-10/h3-5H,6-9H2,1-2H3. The third kappa shape index (κ3) is 4.80. The van der Waals surface area contributed by atoms with Gasteiger partial charge in [0.25, 0.3) is 10.1 Å². The van der Waals surface area contributed by atoms with E-state index in [0.717, 1.165) is 19.1 Å². The average molecular weight is 309 g/mol. The monoisotopic (exact) mass is 308 g/mol. The number of halogens is 1. The van der Waals surface area contributed by atoms with Crippen molar-refractivity contribution in [3.8, 4) is 0 Å². The summed E-state index contributed by atoms with van der Waals surface area (Å²) in [6.07, 6.45) is 9.10. The van der Waals surface area contributed by atoms with Gasteiger partial charge in [-0.2, -0.15) is 8.42 Å². The largest absolute Gasteiger partial charge is 0.270 e. The summed E-state index contributed by atoms with van der Waals surface area (Å²) in [5, 5.41) is 0.715. The fourth-order valence-electron chi connectivity index (χ4n) is 1.56. The van der Waals surface area contributed by atoms with Crippen LogP contribution < -0.4 is 0 Å². The van der Waals surface area contributed by atoms with E-state index in [4.69, 9.17) is 4.18 Å². The SMILES string of the molecule is CC(CBr)(COS(C)(=O)=O)CC1=CC=CC1. The van der Waals surface area contributed by atoms with Gasteiger partial charge in [-0.1, -0.05) is 46.7 Å². The molecule has 0 N–H and O–H groups in total. The van der Waals surface area contributed by atoms with Gasteiger partial charge in [-0.25, -0.2) is 0 Å². The number of rotatable bonds is 6. The molecule has 1 aliphatic rings. The summed E-state index contributed by atoms with van der Waals surface area (Å²) in [5.41, 5.74) is 1.14. The van der Waals surface area contributed by atoms with Crippen LogP contribution >= 0.6 is 15.9 Å². The Hall–Kier alpha value is -0.130. The maximum atomic E-state index is 11.0. The van der Waals surface area contributed by atoms with Crippen LogP contribution in [-0.4, -0.2) is 26.6 Å². The van der Waals surface area contributed by atoms with Gasteiger partial charge in [-0.05, 0) is 12.8 Å². The van der Waals surface area contributed by atoms with Gasteiger partial charge < -0.3 is 0 Å². The fraction of sp³-hybridized carbons (Fsp3) is 0.636. The molecule has 16 heavy (non-hydrogen) atoms. The van der Waals surface area contributed by atoms with E-state index in [1.165, 1.54) is 5.57 Å². The first-order chi connectivity index (χ1) is 7.35. The molecule has 5 heteroatoms. The van der Waals surface area contributed by atoms with Gasteiger partial charge in [0.15, 0.2) is 0 Å². The minimum Gasteiger partial charge on any atom is -0.270 e. The molecule has 92 valence electrons. The van der Waals surface area contributed by atoms with Crippen molar-refractivity contribution in [2.45, 2.75) is 19.8 Å². The lowest BCUT2D eigenvalue weighted by Gasteiger charge is -2.27. The van der Waals surface area contributed by atoms with Crippen LogP contribution in [0.5, 0.6) is 0 Å². The lowest BCUT2D eigenvalue weighted by atomic mass is 9.86. The van der Waals surface area contributed by atoms with Gasteiger partial charge in [0.2, 0.25) is 0 Å². The first-order valence-electron chi connectivity index (χ1n) is 5.10. The summed E-state index contributed by atoms with van der Waals surface area (Å²) < 4.78 is 26.8. The predicted molar refractivity (Wildman–Crippen MR) is 69.2 cm³/mol. The van der Waals surface area contributed by atoms with E-state index in [0.29, 0.717) is 5.33 Å². The second-order valence-corrected chi connectivity index (χ2v) is 6.75. The fourth-order valence-corrected chi connectivity index (χ4v) is 2.42. The molecule has 0 amide bonds. The van der Waals surface area contributed by atoms with Crippen LogP contribution in [0.3, 0.4) is 0 Å². The number of allylic oxidation sites excluding steroid dienone is 4. The summed E-state index contributed by atoms with van der Waals surface area (Å²) in [6, 6.07) is 0. The maximum absolute atomic E-state index is 11.0. The zero-order valence-corrected chi connectivity index (χ0v) is 12.0. The lowest BCUT2D eigenvalue weighted by molar-refractivity contribution is 0.191. The molecule has 0 aromatic heterocycles. The Morgan fingerprint density at radius 3 is 2.69 bits per heavy atom. The summed E-state index contributed by atoms with van der Waals surface area (Å²) in [6.45, 7) is 2.24. The van der Waals surface area contributed by atoms with Gasteiger partial charge >= 0.3 is 0 Å². The molecular formula is C11H17BrO3S. The minimum absolute atomic E-state index is 0.180. The smallest absolute Gasteiger partial charge is 0.264 e. The van der Waals surface area contributed by atoms with Gasteiger partial charge in [-0.15, -0.1) is 0 Å². The first kappa shape index (κ1) is 13.9. The number of hydrogen-bond acceptors (Lipinski definition) is 3. The van der Waals surface area contributed by atoms with Crippen LogP contribution in [0, 0.1) is 5.41 Å². The van der Waals surface area contributed by atoms with Crippen molar-refractivity contribution in [1.82, 2.24) is 0 Å². The number of hydrogen-bond donors (Lipinski definition) is 0. The molecule has 1 atom stereocenters. The zero-order chi connectivity index (χ0) is 12.2. The molecule has 0 fully saturated rings. The van der Waals surface area contributed by atoms with E-state index in [9.17, 15) is 8.42 Å². The Kier molecular flexibility index (Phi) is 4.76. The zero-order valence-electron chi connectivity index (χ0n) is 9.57. The summed E-state index contributed by atoms with van der Waals surface area (Å²) >= 11 is 3.42. The van der Waals surface area contributed by atoms with Crippen molar-refractivity contribution >= 4 is 26.0 Å². The van der Waals surface area contributed by atoms with Crippen molar-refractivity contribution < 1.29 is 12.6 Å². The molecule has 1 rings (SSSR count). The van der Waals surface area contributed by atoms with Crippen LogP contribution in [-0.2, 0) is 14.3 Å². The van der Waals surface area contributed by atoms with Crippen molar-refractivity contribution in [3.63, 3.8) is 0 Å². The maximum Gasteiger partial charge on any atom is 0.264 e. The lowest BCUT2D eigenvalue weighted by Crippen LogP contribution is -2.27. The molecule has 0 radical (unpaired) electrons. The van der Waals surface area contributed by atoms with Crippen LogP contribution in [0.4, 0.5) is 0 Å². The summed E-state index contributed by atoms with van der Waals surface area (Å²) in [7, 11) is -3.36. The molecular weight excluding hydrogens is 292 g/mol.